The van der Waals surface area contributed by atoms with Crippen molar-refractivity contribution in [3.63, 3.8) is 0 Å². The summed E-state index contributed by atoms with van der Waals surface area (Å²) in [6.07, 6.45) is 1.65. The third-order valence-electron chi connectivity index (χ3n) is 3.25. The predicted octanol–water partition coefficient (Wildman–Crippen LogP) is 3.71. The Kier molecular flexibility index (Phi) is 1.66. The first kappa shape index (κ1) is 7.15. The minimum Gasteiger partial charge on any atom is -0.231 e. The average molecular weight is 275 g/mol. The molecule has 0 aliphatic carbocycles. The fourth-order valence-electron chi connectivity index (χ4n) is 2.22. The van der Waals surface area contributed by atoms with Gasteiger partial charge in [-0.15, -0.1) is 11.3 Å². The molecule has 96 valence electrons. The highest BCUT2D eigenvalue weighted by molar-refractivity contribution is 7.17. The van der Waals surface area contributed by atoms with Gasteiger partial charge in [-0.1, -0.05) is 11.6 Å². The summed E-state index contributed by atoms with van der Waals surface area (Å²) in [7, 11) is 1.82. The Hall–Kier alpha value is -1.74. The van der Waals surface area contributed by atoms with Crippen LogP contribution in [0.3, 0.4) is 0 Å². The predicted molar refractivity (Wildman–Crippen MR) is 80.4 cm³/mol. The molecule has 0 saturated carbocycles. The molecule has 3 aromatic rings. The minimum atomic E-state index is -2.39. The molecule has 0 saturated heterocycles. The quantitative estimate of drug-likeness (QED) is 0.619. The van der Waals surface area contributed by atoms with Crippen LogP contribution in [0.4, 0.5) is 0 Å². The largest absolute Gasteiger partial charge is 0.287 e. The molecule has 0 bridgehead atoms. The maximum Gasteiger partial charge on any atom is 0.287 e. The van der Waals surface area contributed by atoms with E-state index in [9.17, 15) is 0 Å². The van der Waals surface area contributed by atoms with Gasteiger partial charge in [0.25, 0.3) is 6.33 Å². The molecule has 0 fully saturated rings. The van der Waals surface area contributed by atoms with Crippen LogP contribution < -0.4 is 4.57 Å². The van der Waals surface area contributed by atoms with Crippen LogP contribution in [-0.2, 0) is 7.05 Å². The Labute approximate surface area is 125 Å². The second-order valence-electron chi connectivity index (χ2n) is 4.54. The monoisotopic (exact) mass is 275 g/mol. The van der Waals surface area contributed by atoms with Gasteiger partial charge in [-0.2, -0.15) is 0 Å². The average Bonchev–Trinajstić information content (AvgIpc) is 2.94. The SMILES string of the molecule is [2H]C([2H])([2H])c1cc(-c2c3sccc3nc[n+]2C)c(C)c(C([2H])([2H])[2H])c1. The third-order valence-corrected chi connectivity index (χ3v) is 4.16. The Bertz CT molecular complexity index is 956. The topological polar surface area (TPSA) is 16.8 Å². The highest BCUT2D eigenvalue weighted by Gasteiger charge is 2.18. The van der Waals surface area contributed by atoms with Gasteiger partial charge in [-0.05, 0) is 48.2 Å². The number of benzene rings is 1. The molecule has 19 heavy (non-hydrogen) atoms. The summed E-state index contributed by atoms with van der Waals surface area (Å²) in [5.41, 5.74) is 2.83. The van der Waals surface area contributed by atoms with E-state index in [4.69, 9.17) is 8.22 Å². The number of hydrogen-bond donors (Lipinski definition) is 0. The summed E-state index contributed by atoms with van der Waals surface area (Å²) in [5, 5.41) is 1.91. The standard InChI is InChI=1S/C16H17N2S/c1-10-7-11(2)12(3)13(8-10)15-16-14(5-6-19-16)17-9-18(15)4/h5-9H,1-4H3/q+1/i1D3,2D3. The van der Waals surface area contributed by atoms with Crippen molar-refractivity contribution in [1.29, 1.82) is 0 Å². The Morgan fingerprint density at radius 3 is 3.00 bits per heavy atom. The fourth-order valence-corrected chi connectivity index (χ4v) is 3.16. The van der Waals surface area contributed by atoms with Crippen molar-refractivity contribution < 1.29 is 12.8 Å². The maximum absolute atomic E-state index is 7.79. The number of aryl methyl sites for hydroxylation is 3. The summed E-state index contributed by atoms with van der Waals surface area (Å²) < 4.78 is 49.2. The molecule has 1 aromatic carbocycles. The summed E-state index contributed by atoms with van der Waals surface area (Å²) in [6, 6.07) is 4.74. The molecule has 2 aromatic heterocycles. The van der Waals surface area contributed by atoms with Gasteiger partial charge in [0.1, 0.15) is 4.70 Å². The van der Waals surface area contributed by atoms with Crippen molar-refractivity contribution in [2.45, 2.75) is 20.6 Å². The second-order valence-corrected chi connectivity index (χ2v) is 5.45. The molecule has 2 heterocycles. The van der Waals surface area contributed by atoms with E-state index in [0.717, 1.165) is 15.9 Å². The van der Waals surface area contributed by atoms with E-state index in [-0.39, 0.29) is 11.1 Å². The van der Waals surface area contributed by atoms with Crippen LogP contribution in [-0.4, -0.2) is 4.98 Å². The Balaban J connectivity index is 2.43. The maximum atomic E-state index is 7.79. The minimum absolute atomic E-state index is 0.0285. The van der Waals surface area contributed by atoms with Crippen molar-refractivity contribution in [2.75, 3.05) is 0 Å². The first-order chi connectivity index (χ1) is 11.5. The number of nitrogens with zero attached hydrogens (tertiary/aromatic N) is 2. The van der Waals surface area contributed by atoms with Gasteiger partial charge in [0.15, 0.2) is 11.2 Å². The highest BCUT2D eigenvalue weighted by Crippen LogP contribution is 2.32. The first-order valence-corrected chi connectivity index (χ1v) is 6.76. The summed E-state index contributed by atoms with van der Waals surface area (Å²) in [5.74, 6) is 0. The lowest BCUT2D eigenvalue weighted by atomic mass is 9.97. The number of aromatic nitrogens is 2. The fraction of sp³-hybridized carbons (Fsp3) is 0.250. The van der Waals surface area contributed by atoms with Crippen LogP contribution in [0.2, 0.25) is 0 Å². The first-order valence-electron chi connectivity index (χ1n) is 8.88. The van der Waals surface area contributed by atoms with Crippen molar-refractivity contribution in [1.82, 2.24) is 4.98 Å². The van der Waals surface area contributed by atoms with Gasteiger partial charge in [0, 0.05) is 19.9 Å². The molecule has 0 aliphatic rings. The van der Waals surface area contributed by atoms with E-state index in [1.807, 2.05) is 18.5 Å². The molecule has 3 rings (SSSR count). The van der Waals surface area contributed by atoms with E-state index >= 15 is 0 Å². The molecule has 0 atom stereocenters. The van der Waals surface area contributed by atoms with Gasteiger partial charge < -0.3 is 0 Å². The second kappa shape index (κ2) is 4.42. The van der Waals surface area contributed by atoms with Gasteiger partial charge in [-0.25, -0.2) is 4.57 Å². The lowest BCUT2D eigenvalue weighted by Gasteiger charge is -2.11. The van der Waals surface area contributed by atoms with Gasteiger partial charge in [0.2, 0.25) is 0 Å². The normalized spacial score (nSPS) is 17.2. The summed E-state index contributed by atoms with van der Waals surface area (Å²) >= 11 is 1.49. The van der Waals surface area contributed by atoms with Crippen LogP contribution in [0.15, 0.2) is 29.9 Å². The molecular weight excluding hydrogens is 252 g/mol. The molecule has 3 heteroatoms. The van der Waals surface area contributed by atoms with E-state index in [2.05, 4.69) is 4.98 Å². The molecule has 2 nitrogen and oxygen atoms in total. The van der Waals surface area contributed by atoms with Crippen molar-refractivity contribution in [3.8, 4) is 11.3 Å². The molecule has 0 aliphatic heterocycles. The molecule has 0 spiro atoms. The van der Waals surface area contributed by atoms with Crippen molar-refractivity contribution >= 4 is 21.6 Å². The van der Waals surface area contributed by atoms with Crippen molar-refractivity contribution in [2.24, 2.45) is 7.05 Å². The van der Waals surface area contributed by atoms with E-state index in [1.54, 1.807) is 23.9 Å². The number of fused-ring (bicyclic) bond motifs is 1. The Morgan fingerprint density at radius 2 is 2.21 bits per heavy atom. The third kappa shape index (κ3) is 1.94. The summed E-state index contributed by atoms with van der Waals surface area (Å²) in [4.78, 5) is 4.35. The van der Waals surface area contributed by atoms with Crippen LogP contribution >= 0.6 is 11.3 Å². The molecule has 0 radical (unpaired) electrons. The molecule has 0 N–H and O–H groups in total. The smallest absolute Gasteiger partial charge is 0.231 e. The van der Waals surface area contributed by atoms with E-state index < -0.39 is 13.7 Å². The highest BCUT2D eigenvalue weighted by atomic mass is 32.1. The molecule has 0 unspecified atom stereocenters. The number of hydrogen-bond acceptors (Lipinski definition) is 2. The van der Waals surface area contributed by atoms with Crippen LogP contribution in [0, 0.1) is 20.6 Å². The number of thiophene rings is 1. The van der Waals surface area contributed by atoms with Gasteiger partial charge >= 0.3 is 0 Å². The lowest BCUT2D eigenvalue weighted by Crippen LogP contribution is -2.31. The number of rotatable bonds is 1. The zero-order chi connectivity index (χ0) is 18.6. The molecule has 0 amide bonds. The lowest BCUT2D eigenvalue weighted by molar-refractivity contribution is -0.662. The Morgan fingerprint density at radius 1 is 1.32 bits per heavy atom. The van der Waals surface area contributed by atoms with Crippen LogP contribution in [0.25, 0.3) is 21.5 Å². The van der Waals surface area contributed by atoms with E-state index in [0.29, 0.717) is 11.1 Å². The van der Waals surface area contributed by atoms with E-state index in [1.165, 1.54) is 17.4 Å². The van der Waals surface area contributed by atoms with Gasteiger partial charge in [-0.3, -0.25) is 0 Å². The summed E-state index contributed by atoms with van der Waals surface area (Å²) in [6.45, 7) is -3.05. The van der Waals surface area contributed by atoms with Crippen LogP contribution in [0.5, 0.6) is 0 Å². The molecular formula is C16H17N2S+. The van der Waals surface area contributed by atoms with Gasteiger partial charge in [0.05, 0.1) is 7.05 Å². The van der Waals surface area contributed by atoms with Crippen molar-refractivity contribution in [3.05, 3.63) is 46.6 Å². The zero-order valence-corrected chi connectivity index (χ0v) is 11.5. The zero-order valence-electron chi connectivity index (χ0n) is 16.7. The van der Waals surface area contributed by atoms with Crippen LogP contribution in [0.1, 0.15) is 24.9 Å².